The Morgan fingerprint density at radius 1 is 1.27 bits per heavy atom. The number of carbonyl (C=O) groups is 2. The topological polar surface area (TPSA) is 61.4 Å². The molecule has 1 aliphatic rings. The monoisotopic (exact) mass is 369 g/mol. The van der Waals surface area contributed by atoms with Crippen LogP contribution in [-0.2, 0) is 4.79 Å². The van der Waals surface area contributed by atoms with Crippen LogP contribution in [0.1, 0.15) is 22.3 Å². The van der Waals surface area contributed by atoms with Crippen LogP contribution >= 0.6 is 11.3 Å². The van der Waals surface area contributed by atoms with Crippen molar-refractivity contribution in [2.45, 2.75) is 18.5 Å². The fourth-order valence-corrected chi connectivity index (χ4v) is 3.84. The van der Waals surface area contributed by atoms with E-state index in [-0.39, 0.29) is 23.9 Å². The number of nitrogens with one attached hydrogen (secondary N) is 2. The van der Waals surface area contributed by atoms with Crippen LogP contribution in [-0.4, -0.2) is 48.9 Å². The van der Waals surface area contributed by atoms with Gasteiger partial charge in [-0.3, -0.25) is 14.5 Å². The number of nitrogens with zero attached hydrogens (tertiary/aromatic N) is 1. The van der Waals surface area contributed by atoms with Gasteiger partial charge in [0, 0.05) is 37.1 Å². The molecule has 0 spiro atoms. The molecule has 1 aromatic heterocycles. The van der Waals surface area contributed by atoms with Gasteiger partial charge in [0.15, 0.2) is 0 Å². The first-order valence-electron chi connectivity index (χ1n) is 8.67. The zero-order valence-corrected chi connectivity index (χ0v) is 15.5. The second kappa shape index (κ2) is 8.78. The van der Waals surface area contributed by atoms with E-state index < -0.39 is 0 Å². The van der Waals surface area contributed by atoms with Crippen molar-refractivity contribution >= 4 is 29.2 Å². The first kappa shape index (κ1) is 18.4. The lowest BCUT2D eigenvalue weighted by Gasteiger charge is -2.21. The molecule has 1 aromatic carbocycles. The van der Waals surface area contributed by atoms with Gasteiger partial charge in [0.2, 0.25) is 5.91 Å². The second-order valence-electron chi connectivity index (χ2n) is 6.32. The predicted molar refractivity (Wildman–Crippen MR) is 105 cm³/mol. The number of hydrogen-bond donors (Lipinski definition) is 2. The molecule has 2 heterocycles. The maximum Gasteiger partial charge on any atom is 0.252 e. The van der Waals surface area contributed by atoms with Crippen LogP contribution in [0.4, 0.5) is 0 Å². The largest absolute Gasteiger partial charge is 0.358 e. The third-order valence-corrected chi connectivity index (χ3v) is 5.20. The summed E-state index contributed by atoms with van der Waals surface area (Å²) in [6.45, 7) is 1.32. The lowest BCUT2D eigenvalue weighted by Crippen LogP contribution is -2.41. The quantitative estimate of drug-likeness (QED) is 0.822. The Labute approximate surface area is 157 Å². The zero-order valence-electron chi connectivity index (χ0n) is 14.7. The number of rotatable bonds is 6. The molecule has 0 saturated carbocycles. The fourth-order valence-electron chi connectivity index (χ4n) is 3.20. The van der Waals surface area contributed by atoms with Gasteiger partial charge in [0.1, 0.15) is 0 Å². The number of hydrogen-bond acceptors (Lipinski definition) is 4. The van der Waals surface area contributed by atoms with Crippen LogP contribution < -0.4 is 10.6 Å². The average molecular weight is 369 g/mol. The molecule has 2 aromatic rings. The Morgan fingerprint density at radius 3 is 2.77 bits per heavy atom. The molecule has 2 atom stereocenters. The maximum atomic E-state index is 12.3. The molecule has 1 aliphatic heterocycles. The molecule has 26 heavy (non-hydrogen) atoms. The van der Waals surface area contributed by atoms with Crippen molar-refractivity contribution in [1.82, 2.24) is 15.5 Å². The third-order valence-electron chi connectivity index (χ3n) is 4.52. The average Bonchev–Trinajstić information content (AvgIpc) is 3.32. The molecule has 0 radical (unpaired) electrons. The van der Waals surface area contributed by atoms with E-state index in [1.165, 1.54) is 11.3 Å². The molecule has 6 heteroatoms. The van der Waals surface area contributed by atoms with E-state index in [9.17, 15) is 9.59 Å². The standard InChI is InChI=1S/C20H23N3O2S/c1-21-20(25)18-12-17(22-19(24)16-9-11-26-14-16)13-23(18)10-5-8-15-6-3-2-4-7-15/h2-9,11,14,17-18H,10,12-13H2,1H3,(H,21,25)(H,22,24)/b8-5+/t17-,18+/m1/s1. The number of likely N-dealkylation sites (tertiary alicyclic amines) is 1. The highest BCUT2D eigenvalue weighted by Crippen LogP contribution is 2.19. The summed E-state index contributed by atoms with van der Waals surface area (Å²) >= 11 is 1.50. The van der Waals surface area contributed by atoms with Gasteiger partial charge in [-0.2, -0.15) is 11.3 Å². The van der Waals surface area contributed by atoms with Gasteiger partial charge >= 0.3 is 0 Å². The molecule has 2 amide bonds. The smallest absolute Gasteiger partial charge is 0.252 e. The van der Waals surface area contributed by atoms with Crippen LogP contribution in [0, 0.1) is 0 Å². The Kier molecular flexibility index (Phi) is 6.20. The summed E-state index contributed by atoms with van der Waals surface area (Å²) in [5.41, 5.74) is 1.81. The molecule has 1 saturated heterocycles. The molecule has 3 rings (SSSR count). The first-order valence-corrected chi connectivity index (χ1v) is 9.62. The van der Waals surface area contributed by atoms with Crippen LogP contribution in [0.25, 0.3) is 6.08 Å². The molecule has 1 fully saturated rings. The zero-order chi connectivity index (χ0) is 18.4. The number of carbonyl (C=O) groups excluding carboxylic acids is 2. The highest BCUT2D eigenvalue weighted by Gasteiger charge is 2.36. The van der Waals surface area contributed by atoms with E-state index in [2.05, 4.69) is 27.7 Å². The molecule has 0 unspecified atom stereocenters. The summed E-state index contributed by atoms with van der Waals surface area (Å²) < 4.78 is 0. The minimum Gasteiger partial charge on any atom is -0.358 e. The normalized spacial score (nSPS) is 20.3. The highest BCUT2D eigenvalue weighted by molar-refractivity contribution is 7.08. The third kappa shape index (κ3) is 4.59. The Morgan fingerprint density at radius 2 is 2.08 bits per heavy atom. The summed E-state index contributed by atoms with van der Waals surface area (Å²) in [5.74, 6) is -0.0843. The number of amides is 2. The molecule has 2 N–H and O–H groups in total. The minimum atomic E-state index is -0.229. The predicted octanol–water partition coefficient (Wildman–Crippen LogP) is 2.38. The van der Waals surface area contributed by atoms with E-state index in [1.807, 2.05) is 47.2 Å². The van der Waals surface area contributed by atoms with E-state index >= 15 is 0 Å². The molecule has 5 nitrogen and oxygen atoms in total. The van der Waals surface area contributed by atoms with Crippen molar-refractivity contribution in [1.29, 1.82) is 0 Å². The van der Waals surface area contributed by atoms with Crippen molar-refractivity contribution in [2.75, 3.05) is 20.1 Å². The molecule has 0 aliphatic carbocycles. The van der Waals surface area contributed by atoms with Crippen molar-refractivity contribution < 1.29 is 9.59 Å². The van der Waals surface area contributed by atoms with Crippen LogP contribution in [0.3, 0.4) is 0 Å². The van der Waals surface area contributed by atoms with Crippen LogP contribution in [0.2, 0.25) is 0 Å². The van der Waals surface area contributed by atoms with Crippen molar-refractivity contribution in [2.24, 2.45) is 0 Å². The highest BCUT2D eigenvalue weighted by atomic mass is 32.1. The molecular weight excluding hydrogens is 346 g/mol. The number of likely N-dealkylation sites (N-methyl/N-ethyl adjacent to an activating group) is 1. The second-order valence-corrected chi connectivity index (χ2v) is 7.10. The minimum absolute atomic E-state index is 0.00889. The molecule has 136 valence electrons. The van der Waals surface area contributed by atoms with Gasteiger partial charge in [0.05, 0.1) is 6.04 Å². The Hall–Kier alpha value is -2.44. The number of benzene rings is 1. The Balaban J connectivity index is 1.62. The Bertz CT molecular complexity index is 759. The van der Waals surface area contributed by atoms with Crippen molar-refractivity contribution in [3.05, 3.63) is 64.4 Å². The van der Waals surface area contributed by atoms with Gasteiger partial charge in [-0.15, -0.1) is 0 Å². The molecular formula is C20H23N3O2S. The van der Waals surface area contributed by atoms with Gasteiger partial charge in [-0.1, -0.05) is 42.5 Å². The lowest BCUT2D eigenvalue weighted by molar-refractivity contribution is -0.124. The number of thiophene rings is 1. The summed E-state index contributed by atoms with van der Waals surface area (Å²) in [6.07, 6.45) is 4.74. The van der Waals surface area contributed by atoms with Gasteiger partial charge in [-0.25, -0.2) is 0 Å². The fraction of sp³-hybridized carbons (Fsp3) is 0.300. The van der Waals surface area contributed by atoms with Crippen molar-refractivity contribution in [3.8, 4) is 0 Å². The SMILES string of the molecule is CNC(=O)[C@@H]1C[C@@H](NC(=O)c2ccsc2)CN1C/C=C/c1ccccc1. The first-order chi connectivity index (χ1) is 12.7. The van der Waals surface area contributed by atoms with E-state index in [0.29, 0.717) is 25.1 Å². The summed E-state index contributed by atoms with van der Waals surface area (Å²) in [5, 5.41) is 9.50. The summed E-state index contributed by atoms with van der Waals surface area (Å²) in [4.78, 5) is 26.6. The molecule has 0 bridgehead atoms. The van der Waals surface area contributed by atoms with Gasteiger partial charge in [0.25, 0.3) is 5.91 Å². The van der Waals surface area contributed by atoms with E-state index in [4.69, 9.17) is 0 Å². The van der Waals surface area contributed by atoms with Crippen LogP contribution in [0.15, 0.2) is 53.2 Å². The lowest BCUT2D eigenvalue weighted by atomic mass is 10.1. The maximum absolute atomic E-state index is 12.3. The summed E-state index contributed by atoms with van der Waals surface area (Å²) in [7, 11) is 1.65. The van der Waals surface area contributed by atoms with Gasteiger partial charge in [-0.05, 0) is 23.4 Å². The van der Waals surface area contributed by atoms with E-state index in [0.717, 1.165) is 5.56 Å². The summed E-state index contributed by atoms with van der Waals surface area (Å²) in [6, 6.07) is 11.6. The van der Waals surface area contributed by atoms with E-state index in [1.54, 1.807) is 7.05 Å². The van der Waals surface area contributed by atoms with Crippen molar-refractivity contribution in [3.63, 3.8) is 0 Å². The van der Waals surface area contributed by atoms with Gasteiger partial charge < -0.3 is 10.6 Å². The van der Waals surface area contributed by atoms with Crippen LogP contribution in [0.5, 0.6) is 0 Å².